The second-order valence-corrected chi connectivity index (χ2v) is 3.79. The molecule has 15 heavy (non-hydrogen) atoms. The largest absolute Gasteiger partial charge is 0.464 e. The molecule has 2 N–H and O–H groups in total. The van der Waals surface area contributed by atoms with Crippen molar-refractivity contribution < 1.29 is 19.7 Å². The first kappa shape index (κ1) is 14.4. The molecule has 4 heteroatoms. The molecule has 0 aromatic rings. The number of ether oxygens (including phenoxy) is 1. The van der Waals surface area contributed by atoms with E-state index in [0.717, 1.165) is 25.7 Å². The van der Waals surface area contributed by atoms with Gasteiger partial charge >= 0.3 is 5.97 Å². The van der Waals surface area contributed by atoms with Crippen LogP contribution in [-0.4, -0.2) is 35.0 Å². The molecule has 0 aliphatic rings. The van der Waals surface area contributed by atoms with E-state index < -0.39 is 12.1 Å². The van der Waals surface area contributed by atoms with Gasteiger partial charge in [-0.3, -0.25) is 0 Å². The van der Waals surface area contributed by atoms with Gasteiger partial charge in [-0.2, -0.15) is 0 Å². The van der Waals surface area contributed by atoms with Crippen molar-refractivity contribution in [2.75, 3.05) is 6.61 Å². The minimum atomic E-state index is -0.984. The summed E-state index contributed by atoms with van der Waals surface area (Å²) in [7, 11) is 0. The van der Waals surface area contributed by atoms with Crippen LogP contribution in [0.3, 0.4) is 0 Å². The quantitative estimate of drug-likeness (QED) is 0.475. The van der Waals surface area contributed by atoms with Gasteiger partial charge in [0.25, 0.3) is 0 Å². The highest BCUT2D eigenvalue weighted by atomic mass is 16.5. The summed E-state index contributed by atoms with van der Waals surface area (Å²) in [6.07, 6.45) is 2.59. The van der Waals surface area contributed by atoms with Crippen molar-refractivity contribution in [2.24, 2.45) is 0 Å². The van der Waals surface area contributed by atoms with Gasteiger partial charge in [0.1, 0.15) is 0 Å². The molecule has 0 aromatic heterocycles. The first-order valence-electron chi connectivity index (χ1n) is 5.60. The van der Waals surface area contributed by atoms with Gasteiger partial charge in [-0.05, 0) is 32.6 Å². The predicted octanol–water partition coefficient (Wildman–Crippen LogP) is 1.24. The van der Waals surface area contributed by atoms with Crippen molar-refractivity contribution in [3.05, 3.63) is 0 Å². The van der Waals surface area contributed by atoms with E-state index in [1.165, 1.54) is 0 Å². The number of carbonyl (C=O) groups is 1. The Bertz CT molecular complexity index is 168. The van der Waals surface area contributed by atoms with Crippen LogP contribution in [0.5, 0.6) is 0 Å². The summed E-state index contributed by atoms with van der Waals surface area (Å²) < 4.78 is 4.85. The fourth-order valence-corrected chi connectivity index (χ4v) is 1.15. The Hall–Kier alpha value is -0.610. The third-order valence-electron chi connectivity index (χ3n) is 2.17. The molecule has 2 atom stereocenters. The Labute approximate surface area is 91.3 Å². The van der Waals surface area contributed by atoms with Crippen LogP contribution in [-0.2, 0) is 9.53 Å². The number of hydrogen-bond donors (Lipinski definition) is 2. The van der Waals surface area contributed by atoms with Crippen LogP contribution in [0.4, 0.5) is 0 Å². The number of hydrogen-bond acceptors (Lipinski definition) is 4. The summed E-state index contributed by atoms with van der Waals surface area (Å²) in [6, 6.07) is 0. The molecule has 0 aromatic carbocycles. The Balaban J connectivity index is 3.27. The molecule has 2 unspecified atom stereocenters. The van der Waals surface area contributed by atoms with Crippen molar-refractivity contribution in [3.63, 3.8) is 0 Å². The lowest BCUT2D eigenvalue weighted by Crippen LogP contribution is -2.22. The first-order valence-corrected chi connectivity index (χ1v) is 5.60. The number of rotatable bonds is 8. The zero-order valence-corrected chi connectivity index (χ0v) is 9.61. The van der Waals surface area contributed by atoms with E-state index in [9.17, 15) is 4.79 Å². The standard InChI is InChI=1S/C11H22O4/c1-3-10(13)11(14)15-8-6-4-5-7-9(2)12/h9-10,12-13H,3-8H2,1-2H3. The van der Waals surface area contributed by atoms with E-state index in [1.54, 1.807) is 13.8 Å². The highest BCUT2D eigenvalue weighted by Crippen LogP contribution is 2.04. The summed E-state index contributed by atoms with van der Waals surface area (Å²) >= 11 is 0. The SMILES string of the molecule is CCC(O)C(=O)OCCCCCC(C)O. The summed E-state index contributed by atoms with van der Waals surface area (Å²) in [4.78, 5) is 11.0. The molecule has 4 nitrogen and oxygen atoms in total. The van der Waals surface area contributed by atoms with Crippen molar-refractivity contribution in [1.82, 2.24) is 0 Å². The normalized spacial score (nSPS) is 14.7. The molecule has 0 aliphatic heterocycles. The molecular formula is C11H22O4. The second-order valence-electron chi connectivity index (χ2n) is 3.79. The fourth-order valence-electron chi connectivity index (χ4n) is 1.15. The number of esters is 1. The predicted molar refractivity (Wildman–Crippen MR) is 57.4 cm³/mol. The second kappa shape index (κ2) is 8.68. The molecule has 0 spiro atoms. The zero-order valence-electron chi connectivity index (χ0n) is 9.61. The average molecular weight is 218 g/mol. The van der Waals surface area contributed by atoms with Crippen molar-refractivity contribution in [3.8, 4) is 0 Å². The maximum absolute atomic E-state index is 11.0. The Kier molecular flexibility index (Phi) is 8.33. The molecule has 0 amide bonds. The average Bonchev–Trinajstić information content (AvgIpc) is 2.21. The van der Waals surface area contributed by atoms with E-state index in [1.807, 2.05) is 0 Å². The topological polar surface area (TPSA) is 66.8 Å². The van der Waals surface area contributed by atoms with Crippen molar-refractivity contribution >= 4 is 5.97 Å². The van der Waals surface area contributed by atoms with Gasteiger partial charge in [0.2, 0.25) is 0 Å². The van der Waals surface area contributed by atoms with Gasteiger partial charge in [0.05, 0.1) is 12.7 Å². The van der Waals surface area contributed by atoms with E-state index in [0.29, 0.717) is 13.0 Å². The highest BCUT2D eigenvalue weighted by molar-refractivity contribution is 5.74. The lowest BCUT2D eigenvalue weighted by molar-refractivity contribution is -0.153. The molecule has 0 heterocycles. The Morgan fingerprint density at radius 1 is 1.27 bits per heavy atom. The van der Waals surface area contributed by atoms with Crippen LogP contribution in [0, 0.1) is 0 Å². The summed E-state index contributed by atoms with van der Waals surface area (Å²) in [5, 5.41) is 18.1. The number of carbonyl (C=O) groups excluding carboxylic acids is 1. The minimum absolute atomic E-state index is 0.255. The van der Waals surface area contributed by atoms with Crippen molar-refractivity contribution in [2.45, 2.75) is 58.2 Å². The number of aliphatic hydroxyl groups excluding tert-OH is 2. The molecule has 0 aliphatic carbocycles. The van der Waals surface area contributed by atoms with Gasteiger partial charge in [0, 0.05) is 0 Å². The van der Waals surface area contributed by atoms with E-state index in [-0.39, 0.29) is 6.10 Å². The minimum Gasteiger partial charge on any atom is -0.464 e. The summed E-state index contributed by atoms with van der Waals surface area (Å²) in [5.41, 5.74) is 0. The van der Waals surface area contributed by atoms with Crippen LogP contribution in [0.1, 0.15) is 46.0 Å². The van der Waals surface area contributed by atoms with Gasteiger partial charge in [0.15, 0.2) is 6.10 Å². The lowest BCUT2D eigenvalue weighted by Gasteiger charge is -2.08. The fraction of sp³-hybridized carbons (Fsp3) is 0.909. The molecule has 0 rings (SSSR count). The lowest BCUT2D eigenvalue weighted by atomic mass is 10.1. The van der Waals surface area contributed by atoms with Gasteiger partial charge in [-0.1, -0.05) is 13.3 Å². The van der Waals surface area contributed by atoms with Crippen LogP contribution in [0.25, 0.3) is 0 Å². The smallest absolute Gasteiger partial charge is 0.334 e. The van der Waals surface area contributed by atoms with Gasteiger partial charge in [-0.15, -0.1) is 0 Å². The van der Waals surface area contributed by atoms with E-state index in [2.05, 4.69) is 0 Å². The monoisotopic (exact) mass is 218 g/mol. The van der Waals surface area contributed by atoms with Crippen LogP contribution in [0.2, 0.25) is 0 Å². The zero-order chi connectivity index (χ0) is 11.7. The summed E-state index contributed by atoms with van der Waals surface area (Å²) in [5.74, 6) is -0.534. The third kappa shape index (κ3) is 8.39. The molecule has 0 bridgehead atoms. The van der Waals surface area contributed by atoms with Crippen LogP contribution >= 0.6 is 0 Å². The highest BCUT2D eigenvalue weighted by Gasteiger charge is 2.12. The molecule has 90 valence electrons. The van der Waals surface area contributed by atoms with Crippen molar-refractivity contribution in [1.29, 1.82) is 0 Å². The number of unbranched alkanes of at least 4 members (excludes halogenated alkanes) is 2. The molecule has 0 fully saturated rings. The summed E-state index contributed by atoms with van der Waals surface area (Å²) in [6.45, 7) is 3.85. The van der Waals surface area contributed by atoms with Gasteiger partial charge in [-0.25, -0.2) is 4.79 Å². The van der Waals surface area contributed by atoms with Gasteiger partial charge < -0.3 is 14.9 Å². The molecule has 0 saturated heterocycles. The number of aliphatic hydroxyl groups is 2. The first-order chi connectivity index (χ1) is 7.07. The maximum atomic E-state index is 11.0. The van der Waals surface area contributed by atoms with Crippen LogP contribution < -0.4 is 0 Å². The maximum Gasteiger partial charge on any atom is 0.334 e. The van der Waals surface area contributed by atoms with E-state index in [4.69, 9.17) is 14.9 Å². The third-order valence-corrected chi connectivity index (χ3v) is 2.17. The molecular weight excluding hydrogens is 196 g/mol. The Morgan fingerprint density at radius 3 is 2.47 bits per heavy atom. The Morgan fingerprint density at radius 2 is 1.93 bits per heavy atom. The molecule has 0 saturated carbocycles. The van der Waals surface area contributed by atoms with E-state index >= 15 is 0 Å². The molecule has 0 radical (unpaired) electrons. The van der Waals surface area contributed by atoms with Crippen LogP contribution in [0.15, 0.2) is 0 Å².